The molecule has 0 N–H and O–H groups in total. The predicted octanol–water partition coefficient (Wildman–Crippen LogP) is 4.41. The van der Waals surface area contributed by atoms with E-state index in [1.165, 1.54) is 16.3 Å². The third-order valence-corrected chi connectivity index (χ3v) is 4.64. The molecule has 6 heteroatoms. The van der Waals surface area contributed by atoms with E-state index in [9.17, 15) is 4.79 Å². The van der Waals surface area contributed by atoms with E-state index in [-0.39, 0.29) is 5.60 Å². The Bertz CT molecular complexity index is 841. The van der Waals surface area contributed by atoms with Crippen molar-refractivity contribution in [2.24, 2.45) is 0 Å². The number of carbonyl (C=O) groups is 1. The van der Waals surface area contributed by atoms with Crippen molar-refractivity contribution >= 4 is 18.0 Å². The van der Waals surface area contributed by atoms with E-state index in [0.717, 1.165) is 16.9 Å². The normalized spacial score (nSPS) is 14.2. The minimum Gasteiger partial charge on any atom is -0.483 e. The molecule has 0 aliphatic carbocycles. The summed E-state index contributed by atoms with van der Waals surface area (Å²) in [6.07, 6.45) is 0.292. The van der Waals surface area contributed by atoms with Gasteiger partial charge in [0.2, 0.25) is 0 Å². The number of nitrogens with zero attached hydrogens (tertiary/aromatic N) is 2. The first-order valence-electron chi connectivity index (χ1n) is 7.82. The van der Waals surface area contributed by atoms with Crippen molar-refractivity contribution in [3.8, 4) is 17.6 Å². The highest BCUT2D eigenvalue weighted by Gasteiger charge is 2.33. The van der Waals surface area contributed by atoms with Crippen molar-refractivity contribution in [2.45, 2.75) is 30.8 Å². The van der Waals surface area contributed by atoms with E-state index < -0.39 is 6.09 Å². The number of rotatable bonds is 3. The lowest BCUT2D eigenvalue weighted by atomic mass is 10.0. The Labute approximate surface area is 151 Å². The molecule has 0 bridgehead atoms. The second-order valence-electron chi connectivity index (χ2n) is 6.38. The first-order valence-corrected chi connectivity index (χ1v) is 8.60. The van der Waals surface area contributed by atoms with Crippen LogP contribution in [0.3, 0.4) is 0 Å². The van der Waals surface area contributed by atoms with Crippen molar-refractivity contribution in [3.63, 3.8) is 0 Å². The van der Waals surface area contributed by atoms with Gasteiger partial charge in [0.1, 0.15) is 5.60 Å². The van der Waals surface area contributed by atoms with Gasteiger partial charge in [0.05, 0.1) is 11.6 Å². The Hall–Kier alpha value is -2.65. The van der Waals surface area contributed by atoms with Gasteiger partial charge in [0, 0.05) is 23.9 Å². The van der Waals surface area contributed by atoms with Gasteiger partial charge in [-0.3, -0.25) is 0 Å². The number of nitriles is 1. The standard InChI is InChI=1S/C19H18N2O3S/c1-19(2)11-14-5-4-6-16(17(14)24-19)23-18(22)21(3)25-15-9-7-13(12-20)8-10-15/h4-10H,11H2,1-3H3. The molecule has 2 aromatic carbocycles. The van der Waals surface area contributed by atoms with E-state index in [0.29, 0.717) is 17.1 Å². The minimum absolute atomic E-state index is 0.298. The molecule has 1 amide bonds. The number of para-hydroxylation sites is 1. The summed E-state index contributed by atoms with van der Waals surface area (Å²) in [7, 11) is 1.64. The number of hydrogen-bond donors (Lipinski definition) is 0. The van der Waals surface area contributed by atoms with Crippen molar-refractivity contribution in [1.29, 1.82) is 5.26 Å². The number of fused-ring (bicyclic) bond motifs is 1. The number of ether oxygens (including phenoxy) is 2. The van der Waals surface area contributed by atoms with E-state index in [1.54, 1.807) is 37.4 Å². The topological polar surface area (TPSA) is 62.6 Å². The van der Waals surface area contributed by atoms with Crippen molar-refractivity contribution < 1.29 is 14.3 Å². The lowest BCUT2D eigenvalue weighted by molar-refractivity contribution is 0.132. The van der Waals surface area contributed by atoms with Gasteiger partial charge in [0.15, 0.2) is 11.5 Å². The summed E-state index contributed by atoms with van der Waals surface area (Å²) < 4.78 is 12.8. The number of amides is 1. The van der Waals surface area contributed by atoms with Gasteiger partial charge in [-0.05, 0) is 56.1 Å². The van der Waals surface area contributed by atoms with Gasteiger partial charge < -0.3 is 9.47 Å². The van der Waals surface area contributed by atoms with Crippen LogP contribution in [0.15, 0.2) is 47.4 Å². The van der Waals surface area contributed by atoms with Crippen molar-refractivity contribution in [2.75, 3.05) is 7.05 Å². The maximum atomic E-state index is 12.4. The number of carbonyl (C=O) groups excluding carboxylic acids is 1. The van der Waals surface area contributed by atoms with E-state index >= 15 is 0 Å². The highest BCUT2D eigenvalue weighted by atomic mass is 32.2. The third-order valence-electron chi connectivity index (χ3n) is 3.74. The Balaban J connectivity index is 1.68. The molecule has 0 radical (unpaired) electrons. The summed E-state index contributed by atoms with van der Waals surface area (Å²) in [5, 5.41) is 8.82. The summed E-state index contributed by atoms with van der Waals surface area (Å²) in [6, 6.07) is 14.6. The maximum absolute atomic E-state index is 12.4. The molecule has 1 heterocycles. The first-order chi connectivity index (χ1) is 11.9. The fourth-order valence-electron chi connectivity index (χ4n) is 2.61. The molecule has 128 valence electrons. The Morgan fingerprint density at radius 2 is 2.00 bits per heavy atom. The zero-order valence-corrected chi connectivity index (χ0v) is 15.1. The highest BCUT2D eigenvalue weighted by Crippen LogP contribution is 2.42. The molecule has 1 aliphatic heterocycles. The van der Waals surface area contributed by atoms with Crippen LogP contribution >= 0.6 is 11.9 Å². The quantitative estimate of drug-likeness (QED) is 0.764. The SMILES string of the molecule is CN(Sc1ccc(C#N)cc1)C(=O)Oc1cccc2c1OC(C)(C)C2. The number of hydrogen-bond acceptors (Lipinski definition) is 5. The molecule has 25 heavy (non-hydrogen) atoms. The molecule has 5 nitrogen and oxygen atoms in total. The molecule has 2 aromatic rings. The molecule has 0 saturated heterocycles. The molecule has 0 spiro atoms. The lowest BCUT2D eigenvalue weighted by Crippen LogP contribution is -2.25. The van der Waals surface area contributed by atoms with E-state index in [2.05, 4.69) is 6.07 Å². The van der Waals surface area contributed by atoms with E-state index in [4.69, 9.17) is 14.7 Å². The van der Waals surface area contributed by atoms with Gasteiger partial charge in [-0.1, -0.05) is 12.1 Å². The summed E-state index contributed by atoms with van der Waals surface area (Å²) in [5.74, 6) is 1.07. The van der Waals surface area contributed by atoms with Crippen LogP contribution < -0.4 is 9.47 Å². The zero-order chi connectivity index (χ0) is 18.0. The average Bonchev–Trinajstić information content (AvgIpc) is 2.90. The third kappa shape index (κ3) is 3.89. The average molecular weight is 354 g/mol. The number of benzene rings is 2. The van der Waals surface area contributed by atoms with Crippen LogP contribution in [0.1, 0.15) is 25.0 Å². The van der Waals surface area contributed by atoms with Crippen LogP contribution in [0.4, 0.5) is 4.79 Å². The summed E-state index contributed by atoms with van der Waals surface area (Å²) in [6.45, 7) is 4.01. The molecule has 3 rings (SSSR count). The van der Waals surface area contributed by atoms with Crippen LogP contribution in [0.25, 0.3) is 0 Å². The van der Waals surface area contributed by atoms with Gasteiger partial charge in [-0.2, -0.15) is 5.26 Å². The Morgan fingerprint density at radius 1 is 1.28 bits per heavy atom. The zero-order valence-electron chi connectivity index (χ0n) is 14.3. The highest BCUT2D eigenvalue weighted by molar-refractivity contribution is 7.97. The predicted molar refractivity (Wildman–Crippen MR) is 95.7 cm³/mol. The van der Waals surface area contributed by atoms with Crippen LogP contribution in [-0.2, 0) is 6.42 Å². The fourth-order valence-corrected chi connectivity index (χ4v) is 3.30. The monoisotopic (exact) mass is 354 g/mol. The van der Waals surface area contributed by atoms with E-state index in [1.807, 2.05) is 26.0 Å². The molecule has 1 aliphatic rings. The van der Waals surface area contributed by atoms with Crippen LogP contribution in [0.2, 0.25) is 0 Å². The fraction of sp³-hybridized carbons (Fsp3) is 0.263. The van der Waals surface area contributed by atoms with Crippen LogP contribution in [0.5, 0.6) is 11.5 Å². The summed E-state index contributed by atoms with van der Waals surface area (Å²) in [4.78, 5) is 13.2. The Morgan fingerprint density at radius 3 is 2.68 bits per heavy atom. The van der Waals surface area contributed by atoms with Gasteiger partial charge in [0.25, 0.3) is 0 Å². The molecule has 0 saturated carbocycles. The minimum atomic E-state index is -0.490. The maximum Gasteiger partial charge on any atom is 0.425 e. The van der Waals surface area contributed by atoms with Crippen molar-refractivity contribution in [3.05, 3.63) is 53.6 Å². The second-order valence-corrected chi connectivity index (χ2v) is 7.58. The van der Waals surface area contributed by atoms with Crippen molar-refractivity contribution in [1.82, 2.24) is 4.31 Å². The Kier molecular flexibility index (Phi) is 4.60. The molecule has 0 aromatic heterocycles. The van der Waals surface area contributed by atoms with Gasteiger partial charge in [-0.25, -0.2) is 9.10 Å². The first kappa shape index (κ1) is 17.2. The molecular formula is C19H18N2O3S. The molecular weight excluding hydrogens is 336 g/mol. The smallest absolute Gasteiger partial charge is 0.425 e. The summed E-state index contributed by atoms with van der Waals surface area (Å²) in [5.41, 5.74) is 1.32. The second kappa shape index (κ2) is 6.69. The van der Waals surface area contributed by atoms with Crippen LogP contribution in [-0.4, -0.2) is 23.0 Å². The van der Waals surface area contributed by atoms with Gasteiger partial charge in [-0.15, -0.1) is 0 Å². The molecule has 0 atom stereocenters. The largest absolute Gasteiger partial charge is 0.483 e. The molecule has 0 unspecified atom stereocenters. The lowest BCUT2D eigenvalue weighted by Gasteiger charge is -2.19. The van der Waals surface area contributed by atoms with Gasteiger partial charge >= 0.3 is 6.09 Å². The van der Waals surface area contributed by atoms with Crippen LogP contribution in [0, 0.1) is 11.3 Å². The molecule has 0 fully saturated rings. The summed E-state index contributed by atoms with van der Waals surface area (Å²) >= 11 is 1.23.